The minimum Gasteiger partial charge on any atom is -0.403 e. The van der Waals surface area contributed by atoms with Crippen molar-refractivity contribution in [3.05, 3.63) is 32.4 Å². The van der Waals surface area contributed by atoms with Gasteiger partial charge < -0.3 is 9.25 Å². The molecule has 0 aromatic carbocycles. The Morgan fingerprint density at radius 3 is 2.60 bits per heavy atom. The van der Waals surface area contributed by atoms with Crippen LogP contribution in [0.5, 0.6) is 6.01 Å². The van der Waals surface area contributed by atoms with Crippen LogP contribution in [0.2, 0.25) is 0 Å². The van der Waals surface area contributed by atoms with E-state index in [4.69, 9.17) is 9.25 Å². The van der Waals surface area contributed by atoms with Crippen LogP contribution in [0.4, 0.5) is 0 Å². The molecule has 0 aliphatic heterocycles. The SMILES string of the molecule is CC(C)CCCCc1cc(=O)oc2nc(ON=C3CCC4(CC3)CC4)n(C)c(=O)c12. The number of hydrogen-bond acceptors (Lipinski definition) is 6. The number of unbranched alkanes of at least 4 members (excludes halogenated alkanes) is 1. The monoisotopic (exact) mass is 413 g/mol. The highest BCUT2D eigenvalue weighted by Crippen LogP contribution is 2.55. The van der Waals surface area contributed by atoms with Gasteiger partial charge in [-0.25, -0.2) is 4.79 Å². The molecule has 1 spiro atoms. The van der Waals surface area contributed by atoms with Crippen molar-refractivity contribution < 1.29 is 9.25 Å². The molecular formula is C23H31N3O4. The van der Waals surface area contributed by atoms with Crippen LogP contribution >= 0.6 is 0 Å². The Labute approximate surface area is 176 Å². The predicted molar refractivity (Wildman–Crippen MR) is 116 cm³/mol. The van der Waals surface area contributed by atoms with Gasteiger partial charge in [0, 0.05) is 13.1 Å². The summed E-state index contributed by atoms with van der Waals surface area (Å²) >= 11 is 0. The average Bonchev–Trinajstić information content (AvgIpc) is 3.46. The zero-order chi connectivity index (χ0) is 21.3. The molecule has 2 fully saturated rings. The summed E-state index contributed by atoms with van der Waals surface area (Å²) in [5.74, 6) is 0.637. The molecule has 0 N–H and O–H groups in total. The van der Waals surface area contributed by atoms with Gasteiger partial charge in [-0.05, 0) is 68.3 Å². The Bertz CT molecular complexity index is 1060. The fraction of sp³-hybridized carbons (Fsp3) is 0.652. The number of rotatable bonds is 7. The standard InChI is InChI=1S/C23H31N3O4/c1-15(2)6-4-5-7-16-14-18(27)29-20-19(16)21(28)26(3)22(24-20)30-25-17-8-10-23(11-9-17)12-13-23/h14-15H,4-13H2,1-3H3. The second kappa shape index (κ2) is 8.36. The first kappa shape index (κ1) is 20.8. The Balaban J connectivity index is 1.56. The quantitative estimate of drug-likeness (QED) is 0.498. The molecule has 0 unspecified atom stereocenters. The first-order chi connectivity index (χ1) is 14.4. The minimum absolute atomic E-state index is 0.0280. The lowest BCUT2D eigenvalue weighted by molar-refractivity contribution is 0.288. The van der Waals surface area contributed by atoms with Crippen LogP contribution in [0.15, 0.2) is 25.2 Å². The van der Waals surface area contributed by atoms with Crippen LogP contribution in [0.25, 0.3) is 11.1 Å². The molecule has 7 nitrogen and oxygen atoms in total. The Hall–Kier alpha value is -2.44. The van der Waals surface area contributed by atoms with E-state index >= 15 is 0 Å². The lowest BCUT2D eigenvalue weighted by atomic mass is 9.85. The zero-order valence-electron chi connectivity index (χ0n) is 18.2. The van der Waals surface area contributed by atoms with Crippen LogP contribution in [0, 0.1) is 11.3 Å². The van der Waals surface area contributed by atoms with Crippen LogP contribution in [-0.2, 0) is 13.5 Å². The van der Waals surface area contributed by atoms with Crippen molar-refractivity contribution in [3.8, 4) is 6.01 Å². The van der Waals surface area contributed by atoms with Gasteiger partial charge in [0.2, 0.25) is 5.71 Å². The van der Waals surface area contributed by atoms with E-state index < -0.39 is 5.63 Å². The van der Waals surface area contributed by atoms with E-state index in [2.05, 4.69) is 24.0 Å². The van der Waals surface area contributed by atoms with Gasteiger partial charge in [0.15, 0.2) is 0 Å². The molecule has 2 aliphatic carbocycles. The number of oxime groups is 1. The van der Waals surface area contributed by atoms with Gasteiger partial charge in [0.05, 0.1) is 5.71 Å². The molecule has 2 saturated carbocycles. The number of nitrogens with zero attached hydrogens (tertiary/aromatic N) is 3. The molecule has 0 saturated heterocycles. The van der Waals surface area contributed by atoms with Crippen LogP contribution in [-0.4, -0.2) is 15.3 Å². The van der Waals surface area contributed by atoms with Crippen LogP contribution in [0.3, 0.4) is 0 Å². The summed E-state index contributed by atoms with van der Waals surface area (Å²) in [7, 11) is 1.61. The van der Waals surface area contributed by atoms with Crippen molar-refractivity contribution in [2.24, 2.45) is 23.5 Å². The molecule has 0 radical (unpaired) electrons. The fourth-order valence-electron chi connectivity index (χ4n) is 4.34. The summed E-state index contributed by atoms with van der Waals surface area (Å²) in [6.07, 6.45) is 10.6. The van der Waals surface area contributed by atoms with E-state index in [9.17, 15) is 9.59 Å². The number of hydrogen-bond donors (Lipinski definition) is 0. The summed E-state index contributed by atoms with van der Waals surface area (Å²) in [4.78, 5) is 34.9. The van der Waals surface area contributed by atoms with Crippen LogP contribution < -0.4 is 16.0 Å². The molecule has 2 aromatic heterocycles. The first-order valence-corrected chi connectivity index (χ1v) is 11.1. The Morgan fingerprint density at radius 1 is 1.20 bits per heavy atom. The van der Waals surface area contributed by atoms with Crippen molar-refractivity contribution in [3.63, 3.8) is 0 Å². The molecule has 0 amide bonds. The summed E-state index contributed by atoms with van der Waals surface area (Å²) in [5, 5.41) is 4.61. The van der Waals surface area contributed by atoms with E-state index in [0.717, 1.165) is 50.7 Å². The molecule has 0 atom stereocenters. The second-order valence-corrected chi connectivity index (χ2v) is 9.42. The maximum Gasteiger partial charge on any atom is 0.337 e. The summed E-state index contributed by atoms with van der Waals surface area (Å²) in [5.41, 5.74) is 1.52. The van der Waals surface area contributed by atoms with Gasteiger partial charge in [-0.15, -0.1) is 0 Å². The predicted octanol–water partition coefficient (Wildman–Crippen LogP) is 4.34. The molecule has 162 valence electrons. The topological polar surface area (TPSA) is 86.7 Å². The molecular weight excluding hydrogens is 382 g/mol. The van der Waals surface area contributed by atoms with E-state index in [1.807, 2.05) is 0 Å². The molecule has 30 heavy (non-hydrogen) atoms. The third kappa shape index (κ3) is 4.50. The Morgan fingerprint density at radius 2 is 1.93 bits per heavy atom. The minimum atomic E-state index is -0.499. The highest BCUT2D eigenvalue weighted by molar-refractivity contribution is 5.85. The largest absolute Gasteiger partial charge is 0.403 e. The third-order valence-electron chi connectivity index (χ3n) is 6.61. The van der Waals surface area contributed by atoms with Gasteiger partial charge >= 0.3 is 11.6 Å². The van der Waals surface area contributed by atoms with Crippen molar-refractivity contribution in [1.82, 2.24) is 9.55 Å². The van der Waals surface area contributed by atoms with Gasteiger partial charge in [0.1, 0.15) is 5.39 Å². The Kier molecular flexibility index (Phi) is 5.80. The summed E-state index contributed by atoms with van der Waals surface area (Å²) in [6, 6.07) is 1.46. The highest BCUT2D eigenvalue weighted by atomic mass is 16.6. The maximum absolute atomic E-state index is 13.0. The molecule has 2 aromatic rings. The van der Waals surface area contributed by atoms with E-state index in [1.54, 1.807) is 7.05 Å². The average molecular weight is 414 g/mol. The summed E-state index contributed by atoms with van der Waals surface area (Å²) in [6.45, 7) is 4.38. The third-order valence-corrected chi connectivity index (χ3v) is 6.61. The van der Waals surface area contributed by atoms with Crippen molar-refractivity contribution in [2.45, 2.75) is 78.1 Å². The number of aromatic nitrogens is 2. The molecule has 2 aliphatic rings. The smallest absolute Gasteiger partial charge is 0.337 e. The summed E-state index contributed by atoms with van der Waals surface area (Å²) < 4.78 is 6.58. The van der Waals surface area contributed by atoms with Gasteiger partial charge in [-0.2, -0.15) is 4.98 Å². The van der Waals surface area contributed by atoms with Gasteiger partial charge in [0.25, 0.3) is 5.56 Å². The van der Waals surface area contributed by atoms with Crippen molar-refractivity contribution in [1.29, 1.82) is 0 Å². The van der Waals surface area contributed by atoms with E-state index in [0.29, 0.717) is 28.7 Å². The van der Waals surface area contributed by atoms with Gasteiger partial charge in [-0.3, -0.25) is 9.36 Å². The number of fused-ring (bicyclic) bond motifs is 1. The zero-order valence-corrected chi connectivity index (χ0v) is 18.2. The van der Waals surface area contributed by atoms with Crippen molar-refractivity contribution in [2.75, 3.05) is 0 Å². The second-order valence-electron chi connectivity index (χ2n) is 9.42. The van der Waals surface area contributed by atoms with Crippen LogP contribution in [0.1, 0.15) is 77.2 Å². The normalized spacial score (nSPS) is 17.7. The molecule has 2 heterocycles. The highest BCUT2D eigenvalue weighted by Gasteiger charge is 2.44. The number of aryl methyl sites for hydroxylation is 1. The maximum atomic E-state index is 13.0. The van der Waals surface area contributed by atoms with E-state index in [-0.39, 0.29) is 17.3 Å². The molecule has 4 rings (SSSR count). The lowest BCUT2D eigenvalue weighted by Crippen LogP contribution is -2.23. The van der Waals surface area contributed by atoms with Crippen molar-refractivity contribution >= 4 is 16.8 Å². The van der Waals surface area contributed by atoms with Gasteiger partial charge in [-0.1, -0.05) is 31.8 Å². The molecule has 7 heteroatoms. The first-order valence-electron chi connectivity index (χ1n) is 11.1. The van der Waals surface area contributed by atoms with E-state index in [1.165, 1.54) is 23.5 Å². The fourth-order valence-corrected chi connectivity index (χ4v) is 4.34. The molecule has 0 bridgehead atoms. The lowest BCUT2D eigenvalue weighted by Gasteiger charge is -2.21.